The first kappa shape index (κ1) is 18.9. The third kappa shape index (κ3) is 4.43. The lowest BCUT2D eigenvalue weighted by Crippen LogP contribution is -2.27. The average molecular weight is 407 g/mol. The van der Waals surface area contributed by atoms with E-state index < -0.39 is 0 Å². The first-order chi connectivity index (χ1) is 15.3. The van der Waals surface area contributed by atoms with E-state index in [9.17, 15) is 4.79 Å². The van der Waals surface area contributed by atoms with Gasteiger partial charge in [0.1, 0.15) is 5.69 Å². The number of hydrogen-bond donors (Lipinski definition) is 2. The van der Waals surface area contributed by atoms with E-state index in [1.807, 2.05) is 48.5 Å². The zero-order valence-corrected chi connectivity index (χ0v) is 16.8. The van der Waals surface area contributed by atoms with Crippen LogP contribution in [-0.2, 0) is 0 Å². The number of amides is 1. The first-order valence-electron chi connectivity index (χ1n) is 10.2. The van der Waals surface area contributed by atoms with Crippen molar-refractivity contribution in [1.82, 2.24) is 20.3 Å². The van der Waals surface area contributed by atoms with Crippen LogP contribution >= 0.6 is 0 Å². The van der Waals surface area contributed by atoms with E-state index in [4.69, 9.17) is 0 Å². The number of nitrogens with one attached hydrogen (secondary N) is 2. The first-order valence-corrected chi connectivity index (χ1v) is 10.2. The fraction of sp³-hybridized carbons (Fsp3) is 0.120. The van der Waals surface area contributed by atoms with Crippen molar-refractivity contribution in [3.8, 4) is 11.1 Å². The minimum Gasteiger partial charge on any atom is -0.347 e. The Morgan fingerprint density at radius 2 is 1.55 bits per heavy atom. The van der Waals surface area contributed by atoms with Gasteiger partial charge in [-0.1, -0.05) is 60.7 Å². The van der Waals surface area contributed by atoms with Crippen LogP contribution < -0.4 is 10.6 Å². The van der Waals surface area contributed by atoms with Gasteiger partial charge < -0.3 is 10.6 Å². The molecule has 2 N–H and O–H groups in total. The van der Waals surface area contributed by atoms with Gasteiger partial charge in [0.2, 0.25) is 5.95 Å². The Hall–Kier alpha value is -4.06. The molecule has 2 heterocycles. The SMILES string of the molecule is O=C(N[C@@H]1C[C@H]1c1ccccc1)c1cc(Nc2ncc(-c3ccccc3)cn2)ccn1. The highest BCUT2D eigenvalue weighted by atomic mass is 16.2. The van der Waals surface area contributed by atoms with Gasteiger partial charge >= 0.3 is 0 Å². The van der Waals surface area contributed by atoms with Crippen molar-refractivity contribution in [1.29, 1.82) is 0 Å². The van der Waals surface area contributed by atoms with Crippen molar-refractivity contribution in [2.24, 2.45) is 0 Å². The van der Waals surface area contributed by atoms with Crippen molar-refractivity contribution < 1.29 is 4.79 Å². The second kappa shape index (κ2) is 8.36. The molecule has 0 unspecified atom stereocenters. The van der Waals surface area contributed by atoms with Crippen molar-refractivity contribution in [2.45, 2.75) is 18.4 Å². The summed E-state index contributed by atoms with van der Waals surface area (Å²) >= 11 is 0. The third-order valence-electron chi connectivity index (χ3n) is 5.34. The van der Waals surface area contributed by atoms with Crippen molar-refractivity contribution in [3.05, 3.63) is 103 Å². The molecular formula is C25H21N5O. The van der Waals surface area contributed by atoms with E-state index in [1.54, 1.807) is 30.7 Å². The van der Waals surface area contributed by atoms with E-state index in [0.717, 1.165) is 17.5 Å². The number of nitrogens with zero attached hydrogens (tertiary/aromatic N) is 3. The molecule has 1 fully saturated rings. The number of hydrogen-bond acceptors (Lipinski definition) is 5. The third-order valence-corrected chi connectivity index (χ3v) is 5.34. The standard InChI is InChI=1S/C25H21N5O/c31-24(30-22-14-21(22)18-9-5-2-6-10-18)23-13-20(11-12-26-23)29-25-27-15-19(16-28-25)17-7-3-1-4-8-17/h1-13,15-16,21-22H,14H2,(H,30,31)(H,26,27,28,29)/t21-,22+/m0/s1. The molecule has 0 radical (unpaired) electrons. The molecule has 4 aromatic rings. The van der Waals surface area contributed by atoms with Gasteiger partial charge in [-0.15, -0.1) is 0 Å². The van der Waals surface area contributed by atoms with Gasteiger partial charge in [0.15, 0.2) is 0 Å². The number of rotatable bonds is 6. The van der Waals surface area contributed by atoms with Crippen molar-refractivity contribution in [3.63, 3.8) is 0 Å². The number of benzene rings is 2. The quantitative estimate of drug-likeness (QED) is 0.489. The Kier molecular flexibility index (Phi) is 5.10. The van der Waals surface area contributed by atoms with Gasteiger partial charge in [-0.3, -0.25) is 9.78 Å². The van der Waals surface area contributed by atoms with Crippen LogP contribution in [0.5, 0.6) is 0 Å². The Balaban J connectivity index is 1.23. The molecule has 0 spiro atoms. The summed E-state index contributed by atoms with van der Waals surface area (Å²) in [4.78, 5) is 25.6. The summed E-state index contributed by atoms with van der Waals surface area (Å²) in [6.07, 6.45) is 6.11. The maximum atomic E-state index is 12.6. The lowest BCUT2D eigenvalue weighted by molar-refractivity contribution is 0.0945. The van der Waals surface area contributed by atoms with E-state index >= 15 is 0 Å². The second-order valence-electron chi connectivity index (χ2n) is 7.55. The molecule has 31 heavy (non-hydrogen) atoms. The van der Waals surface area contributed by atoms with Gasteiger partial charge in [-0.25, -0.2) is 9.97 Å². The topological polar surface area (TPSA) is 79.8 Å². The zero-order valence-electron chi connectivity index (χ0n) is 16.8. The maximum absolute atomic E-state index is 12.6. The Morgan fingerprint density at radius 1 is 0.839 bits per heavy atom. The Morgan fingerprint density at radius 3 is 2.29 bits per heavy atom. The Bertz CT molecular complexity index is 1180. The highest BCUT2D eigenvalue weighted by molar-refractivity contribution is 5.93. The molecule has 1 saturated carbocycles. The molecular weight excluding hydrogens is 386 g/mol. The smallest absolute Gasteiger partial charge is 0.270 e. The lowest BCUT2D eigenvalue weighted by atomic mass is 10.1. The molecule has 6 nitrogen and oxygen atoms in total. The van der Waals surface area contributed by atoms with Crippen molar-refractivity contribution in [2.75, 3.05) is 5.32 Å². The molecule has 2 aromatic carbocycles. The van der Waals surface area contributed by atoms with Crippen LogP contribution in [-0.4, -0.2) is 26.9 Å². The molecule has 152 valence electrons. The molecule has 2 atom stereocenters. The van der Waals surface area contributed by atoms with E-state index in [-0.39, 0.29) is 11.9 Å². The number of pyridine rings is 1. The monoisotopic (exact) mass is 407 g/mol. The summed E-state index contributed by atoms with van der Waals surface area (Å²) < 4.78 is 0. The van der Waals surface area contributed by atoms with Crippen LogP contribution in [0.25, 0.3) is 11.1 Å². The average Bonchev–Trinajstić information content (AvgIpc) is 3.60. The summed E-state index contributed by atoms with van der Waals surface area (Å²) in [6.45, 7) is 0. The lowest BCUT2D eigenvalue weighted by Gasteiger charge is -2.08. The summed E-state index contributed by atoms with van der Waals surface area (Å²) in [5.74, 6) is 0.666. The molecule has 2 aromatic heterocycles. The number of anilines is 2. The number of aromatic nitrogens is 3. The van der Waals surface area contributed by atoms with Gasteiger partial charge in [0, 0.05) is 41.8 Å². The predicted octanol–water partition coefficient (Wildman–Crippen LogP) is 4.57. The molecule has 0 saturated heterocycles. The largest absolute Gasteiger partial charge is 0.347 e. The second-order valence-corrected chi connectivity index (χ2v) is 7.55. The van der Waals surface area contributed by atoms with Crippen LogP contribution in [0.15, 0.2) is 91.4 Å². The van der Waals surface area contributed by atoms with Gasteiger partial charge in [-0.2, -0.15) is 0 Å². The summed E-state index contributed by atoms with van der Waals surface area (Å²) in [5, 5.41) is 6.21. The highest BCUT2D eigenvalue weighted by Gasteiger charge is 2.39. The van der Waals surface area contributed by atoms with Crippen LogP contribution in [0.1, 0.15) is 28.4 Å². The van der Waals surface area contributed by atoms with Crippen LogP contribution in [0.2, 0.25) is 0 Å². The van der Waals surface area contributed by atoms with Crippen LogP contribution in [0, 0.1) is 0 Å². The fourth-order valence-electron chi connectivity index (χ4n) is 3.60. The molecule has 1 amide bonds. The van der Waals surface area contributed by atoms with Crippen LogP contribution in [0.3, 0.4) is 0 Å². The molecule has 0 aliphatic heterocycles. The van der Waals surface area contributed by atoms with Crippen molar-refractivity contribution >= 4 is 17.5 Å². The minimum absolute atomic E-state index is 0.155. The molecule has 1 aliphatic carbocycles. The molecule has 5 rings (SSSR count). The predicted molar refractivity (Wildman–Crippen MR) is 120 cm³/mol. The molecule has 0 bridgehead atoms. The highest BCUT2D eigenvalue weighted by Crippen LogP contribution is 2.40. The van der Waals surface area contributed by atoms with Gasteiger partial charge in [0.05, 0.1) is 0 Å². The van der Waals surface area contributed by atoms with E-state index in [0.29, 0.717) is 23.2 Å². The summed E-state index contributed by atoms with van der Waals surface area (Å²) in [5.41, 5.74) is 4.34. The zero-order chi connectivity index (χ0) is 21.0. The van der Waals surface area contributed by atoms with Gasteiger partial charge in [-0.05, 0) is 29.7 Å². The number of carbonyl (C=O) groups excluding carboxylic acids is 1. The summed E-state index contributed by atoms with van der Waals surface area (Å²) in [7, 11) is 0. The molecule has 6 heteroatoms. The van der Waals surface area contributed by atoms with Gasteiger partial charge in [0.25, 0.3) is 5.91 Å². The van der Waals surface area contributed by atoms with E-state index in [2.05, 4.69) is 37.7 Å². The maximum Gasteiger partial charge on any atom is 0.270 e. The summed E-state index contributed by atoms with van der Waals surface area (Å²) in [6, 6.07) is 23.9. The van der Waals surface area contributed by atoms with Crippen LogP contribution in [0.4, 0.5) is 11.6 Å². The van der Waals surface area contributed by atoms with E-state index in [1.165, 1.54) is 5.56 Å². The Labute approximate surface area is 180 Å². The minimum atomic E-state index is -0.174. The fourth-order valence-corrected chi connectivity index (χ4v) is 3.60. The normalized spacial score (nSPS) is 17.0. The number of carbonyl (C=O) groups is 1. The molecule has 1 aliphatic rings.